The monoisotopic (exact) mass is 483 g/mol. The van der Waals surface area contributed by atoms with Crippen LogP contribution in [0.5, 0.6) is 5.75 Å². The van der Waals surface area contributed by atoms with Crippen LogP contribution in [0.4, 0.5) is 10.8 Å². The highest BCUT2D eigenvalue weighted by Gasteiger charge is 2.24. The molecule has 0 atom stereocenters. The summed E-state index contributed by atoms with van der Waals surface area (Å²) in [6.07, 6.45) is 0. The van der Waals surface area contributed by atoms with Crippen LogP contribution < -0.4 is 14.4 Å². The number of aromatic nitrogens is 1. The zero-order chi connectivity index (χ0) is 21.6. The van der Waals surface area contributed by atoms with Gasteiger partial charge in [0.25, 0.3) is 15.9 Å². The van der Waals surface area contributed by atoms with E-state index in [0.717, 1.165) is 10.4 Å². The SMILES string of the molecule is Cc1sc(NS(=O)(=O)c2ccc(Cl)c(Cl)c2)nc1-c1ccc2c(c1)N(C)C(=O)CO2. The summed E-state index contributed by atoms with van der Waals surface area (Å²) in [7, 11) is -2.21. The molecule has 30 heavy (non-hydrogen) atoms. The summed E-state index contributed by atoms with van der Waals surface area (Å²) in [5.74, 6) is 0.457. The van der Waals surface area contributed by atoms with Gasteiger partial charge in [-0.05, 0) is 43.3 Å². The number of thiazole rings is 1. The Hall–Kier alpha value is -2.33. The summed E-state index contributed by atoms with van der Waals surface area (Å²) < 4.78 is 33.3. The third-order valence-electron chi connectivity index (χ3n) is 4.54. The van der Waals surface area contributed by atoms with Crippen molar-refractivity contribution in [3.05, 3.63) is 51.3 Å². The van der Waals surface area contributed by atoms with Crippen LogP contribution in [0.2, 0.25) is 10.0 Å². The first-order valence-electron chi connectivity index (χ1n) is 8.65. The third-order valence-corrected chi connectivity index (χ3v) is 7.63. The number of aryl methyl sites for hydroxylation is 1. The predicted molar refractivity (Wildman–Crippen MR) is 118 cm³/mol. The summed E-state index contributed by atoms with van der Waals surface area (Å²) >= 11 is 13.0. The Morgan fingerprint density at radius 3 is 2.67 bits per heavy atom. The molecular weight excluding hydrogens is 469 g/mol. The average Bonchev–Trinajstić information content (AvgIpc) is 3.06. The van der Waals surface area contributed by atoms with Crippen molar-refractivity contribution in [3.8, 4) is 17.0 Å². The maximum absolute atomic E-state index is 12.7. The second-order valence-electron chi connectivity index (χ2n) is 6.53. The van der Waals surface area contributed by atoms with Gasteiger partial charge in [-0.2, -0.15) is 0 Å². The number of sulfonamides is 1. The number of hydrogen-bond acceptors (Lipinski definition) is 6. The first-order valence-corrected chi connectivity index (χ1v) is 11.7. The quantitative estimate of drug-likeness (QED) is 0.586. The number of likely N-dealkylation sites (N-methyl/N-ethyl adjacent to an activating group) is 1. The van der Waals surface area contributed by atoms with Crippen molar-refractivity contribution >= 4 is 61.3 Å². The van der Waals surface area contributed by atoms with Gasteiger partial charge in [-0.15, -0.1) is 11.3 Å². The van der Waals surface area contributed by atoms with Crippen molar-refractivity contribution in [2.75, 3.05) is 23.3 Å². The van der Waals surface area contributed by atoms with Crippen molar-refractivity contribution in [2.24, 2.45) is 0 Å². The molecule has 0 saturated carbocycles. The molecule has 0 saturated heterocycles. The Labute approximate surface area is 187 Å². The molecule has 2 heterocycles. The fraction of sp³-hybridized carbons (Fsp3) is 0.158. The molecule has 11 heteroatoms. The molecule has 0 fully saturated rings. The van der Waals surface area contributed by atoms with E-state index in [1.807, 2.05) is 13.0 Å². The number of ether oxygens (including phenoxy) is 1. The van der Waals surface area contributed by atoms with Crippen molar-refractivity contribution in [2.45, 2.75) is 11.8 Å². The molecule has 0 bridgehead atoms. The number of amides is 1. The van der Waals surface area contributed by atoms with Gasteiger partial charge in [0.05, 0.1) is 26.3 Å². The Balaban J connectivity index is 1.66. The maximum atomic E-state index is 12.7. The van der Waals surface area contributed by atoms with E-state index in [2.05, 4.69) is 9.71 Å². The van der Waals surface area contributed by atoms with Crippen molar-refractivity contribution in [3.63, 3.8) is 0 Å². The number of fused-ring (bicyclic) bond motifs is 1. The molecule has 156 valence electrons. The van der Waals surface area contributed by atoms with Gasteiger partial charge in [-0.25, -0.2) is 13.4 Å². The zero-order valence-electron chi connectivity index (χ0n) is 15.8. The normalized spacial score (nSPS) is 13.7. The van der Waals surface area contributed by atoms with Crippen molar-refractivity contribution in [1.82, 2.24) is 4.98 Å². The molecule has 1 N–H and O–H groups in total. The minimum atomic E-state index is -3.89. The molecule has 3 aromatic rings. The minimum absolute atomic E-state index is 0.000776. The average molecular weight is 484 g/mol. The molecule has 1 amide bonds. The molecule has 0 unspecified atom stereocenters. The fourth-order valence-electron chi connectivity index (χ4n) is 2.95. The van der Waals surface area contributed by atoms with Gasteiger partial charge in [0.2, 0.25) is 0 Å². The highest BCUT2D eigenvalue weighted by atomic mass is 35.5. The molecule has 4 rings (SSSR count). The predicted octanol–water partition coefficient (Wildman–Crippen LogP) is 4.58. The lowest BCUT2D eigenvalue weighted by Crippen LogP contribution is -2.35. The van der Waals surface area contributed by atoms with Crippen LogP contribution >= 0.6 is 34.5 Å². The van der Waals surface area contributed by atoms with Gasteiger partial charge in [0.15, 0.2) is 11.7 Å². The second-order valence-corrected chi connectivity index (χ2v) is 10.2. The Morgan fingerprint density at radius 1 is 1.17 bits per heavy atom. The van der Waals surface area contributed by atoms with E-state index in [9.17, 15) is 13.2 Å². The van der Waals surface area contributed by atoms with Crippen LogP contribution in [-0.2, 0) is 14.8 Å². The van der Waals surface area contributed by atoms with Crippen LogP contribution in [0.3, 0.4) is 0 Å². The summed E-state index contributed by atoms with van der Waals surface area (Å²) in [4.78, 5) is 18.7. The molecule has 0 aliphatic carbocycles. The van der Waals surface area contributed by atoms with Crippen molar-refractivity contribution < 1.29 is 17.9 Å². The first-order chi connectivity index (χ1) is 14.2. The number of halogens is 2. The highest BCUT2D eigenvalue weighted by molar-refractivity contribution is 7.93. The van der Waals surface area contributed by atoms with Crippen LogP contribution in [0.1, 0.15) is 4.88 Å². The smallest absolute Gasteiger partial charge is 0.264 e. The Morgan fingerprint density at radius 2 is 1.93 bits per heavy atom. The van der Waals surface area contributed by atoms with Gasteiger partial charge < -0.3 is 9.64 Å². The van der Waals surface area contributed by atoms with Gasteiger partial charge in [0, 0.05) is 17.5 Å². The fourth-order valence-corrected chi connectivity index (χ4v) is 5.40. The number of carbonyl (C=O) groups is 1. The number of benzene rings is 2. The van der Waals surface area contributed by atoms with Crippen LogP contribution in [0, 0.1) is 6.92 Å². The van der Waals surface area contributed by atoms with Crippen LogP contribution in [0.15, 0.2) is 41.3 Å². The molecule has 1 aliphatic rings. The van der Waals surface area contributed by atoms with E-state index >= 15 is 0 Å². The lowest BCUT2D eigenvalue weighted by atomic mass is 10.1. The molecule has 1 aromatic heterocycles. The van der Waals surface area contributed by atoms with E-state index in [0.29, 0.717) is 17.1 Å². The summed E-state index contributed by atoms with van der Waals surface area (Å²) in [6.45, 7) is 1.84. The molecule has 0 spiro atoms. The highest BCUT2D eigenvalue weighted by Crippen LogP contribution is 2.38. The molecule has 1 aliphatic heterocycles. The zero-order valence-corrected chi connectivity index (χ0v) is 18.9. The van der Waals surface area contributed by atoms with Gasteiger partial charge in [-0.3, -0.25) is 9.52 Å². The first kappa shape index (κ1) is 20.9. The number of rotatable bonds is 4. The maximum Gasteiger partial charge on any atom is 0.264 e. The number of nitrogens with one attached hydrogen (secondary N) is 1. The van der Waals surface area contributed by atoms with Crippen LogP contribution in [-0.4, -0.2) is 33.0 Å². The van der Waals surface area contributed by atoms with E-state index in [4.69, 9.17) is 27.9 Å². The molecule has 7 nitrogen and oxygen atoms in total. The largest absolute Gasteiger partial charge is 0.482 e. The third kappa shape index (κ3) is 3.85. The lowest BCUT2D eigenvalue weighted by molar-refractivity contribution is -0.120. The minimum Gasteiger partial charge on any atom is -0.482 e. The van der Waals surface area contributed by atoms with E-state index < -0.39 is 10.0 Å². The number of carbonyl (C=O) groups excluding carboxylic acids is 1. The Kier molecular flexibility index (Phi) is 5.39. The summed E-state index contributed by atoms with van der Waals surface area (Å²) in [5.41, 5.74) is 1.99. The van der Waals surface area contributed by atoms with Crippen LogP contribution in [0.25, 0.3) is 11.3 Å². The van der Waals surface area contributed by atoms with E-state index in [1.165, 1.54) is 34.4 Å². The molecular formula is C19H15Cl2N3O4S2. The second kappa shape index (κ2) is 7.73. The Bertz CT molecular complexity index is 1270. The van der Waals surface area contributed by atoms with Gasteiger partial charge in [0.1, 0.15) is 5.75 Å². The number of nitrogens with zero attached hydrogens (tertiary/aromatic N) is 2. The number of anilines is 2. The van der Waals surface area contributed by atoms with Gasteiger partial charge in [-0.1, -0.05) is 23.2 Å². The topological polar surface area (TPSA) is 88.6 Å². The van der Waals surface area contributed by atoms with E-state index in [-0.39, 0.29) is 32.6 Å². The molecule has 2 aromatic carbocycles. The summed E-state index contributed by atoms with van der Waals surface area (Å²) in [6, 6.07) is 9.46. The summed E-state index contributed by atoms with van der Waals surface area (Å²) in [5, 5.41) is 0.625. The standard InChI is InChI=1S/C19H15Cl2N3O4S2/c1-10-18(11-3-6-16-15(7-11)24(2)17(25)9-28-16)22-19(29-10)23-30(26,27)12-4-5-13(20)14(21)8-12/h3-8H,9H2,1-2H3,(H,22,23). The van der Waals surface area contributed by atoms with Crippen molar-refractivity contribution in [1.29, 1.82) is 0 Å². The van der Waals surface area contributed by atoms with Gasteiger partial charge >= 0.3 is 0 Å². The molecule has 0 radical (unpaired) electrons. The number of hydrogen-bond donors (Lipinski definition) is 1. The van der Waals surface area contributed by atoms with E-state index in [1.54, 1.807) is 19.2 Å². The lowest BCUT2D eigenvalue weighted by Gasteiger charge is -2.26.